The van der Waals surface area contributed by atoms with Crippen LogP contribution in [0.2, 0.25) is 10.0 Å². The van der Waals surface area contributed by atoms with Gasteiger partial charge in [0.2, 0.25) is 0 Å². The molecule has 0 spiro atoms. The third-order valence-electron chi connectivity index (χ3n) is 2.70. The number of rotatable bonds is 3. The number of hydrogen-bond acceptors (Lipinski definition) is 2. The minimum Gasteiger partial charge on any atom is -0.478 e. The second kappa shape index (κ2) is 5.51. The lowest BCUT2D eigenvalue weighted by atomic mass is 10.1. The van der Waals surface area contributed by atoms with Crippen LogP contribution < -0.4 is 5.32 Å². The van der Waals surface area contributed by atoms with E-state index in [-0.39, 0.29) is 5.56 Å². The first-order valence-corrected chi connectivity index (χ1v) is 6.29. The minimum absolute atomic E-state index is 0.244. The molecule has 0 heterocycles. The van der Waals surface area contributed by atoms with E-state index in [0.717, 1.165) is 11.3 Å². The number of aromatic carboxylic acids is 1. The minimum atomic E-state index is -0.953. The van der Waals surface area contributed by atoms with E-state index < -0.39 is 5.97 Å². The van der Waals surface area contributed by atoms with Crippen LogP contribution in [0.1, 0.15) is 15.9 Å². The number of para-hydroxylation sites is 1. The number of halogens is 2. The lowest BCUT2D eigenvalue weighted by Gasteiger charge is -2.13. The van der Waals surface area contributed by atoms with Gasteiger partial charge >= 0.3 is 5.97 Å². The molecule has 0 fully saturated rings. The van der Waals surface area contributed by atoms with Gasteiger partial charge in [-0.05, 0) is 42.8 Å². The van der Waals surface area contributed by atoms with E-state index in [1.54, 1.807) is 30.3 Å². The summed E-state index contributed by atoms with van der Waals surface area (Å²) in [5.74, 6) is -0.953. The number of carboxylic acid groups (broad SMARTS) is 1. The standard InChI is InChI=1S/C14H11Cl2NO2/c1-8-7-9(14(18)19)5-6-12(8)17-13-10(15)3-2-4-11(13)16/h2-7,17H,1H3,(H,18,19). The Bertz CT molecular complexity index is 621. The van der Waals surface area contributed by atoms with Gasteiger partial charge in [-0.3, -0.25) is 0 Å². The highest BCUT2D eigenvalue weighted by atomic mass is 35.5. The van der Waals surface area contributed by atoms with Crippen LogP contribution in [0.4, 0.5) is 11.4 Å². The Morgan fingerprint density at radius 3 is 2.32 bits per heavy atom. The molecule has 19 heavy (non-hydrogen) atoms. The zero-order chi connectivity index (χ0) is 14.0. The number of carbonyl (C=O) groups is 1. The smallest absolute Gasteiger partial charge is 0.335 e. The molecule has 0 saturated heterocycles. The second-order valence-corrected chi connectivity index (χ2v) is 4.87. The van der Waals surface area contributed by atoms with Crippen LogP contribution in [0.15, 0.2) is 36.4 Å². The summed E-state index contributed by atoms with van der Waals surface area (Å²) in [5.41, 5.74) is 2.42. The van der Waals surface area contributed by atoms with Gasteiger partial charge in [-0.25, -0.2) is 4.79 Å². The second-order valence-electron chi connectivity index (χ2n) is 4.06. The Morgan fingerprint density at radius 1 is 1.16 bits per heavy atom. The highest BCUT2D eigenvalue weighted by molar-refractivity contribution is 6.39. The van der Waals surface area contributed by atoms with Crippen LogP contribution in [-0.2, 0) is 0 Å². The maximum absolute atomic E-state index is 10.9. The Hall–Kier alpha value is -1.71. The van der Waals surface area contributed by atoms with Gasteiger partial charge in [0.15, 0.2) is 0 Å². The van der Waals surface area contributed by atoms with E-state index in [1.807, 2.05) is 6.92 Å². The van der Waals surface area contributed by atoms with E-state index in [0.29, 0.717) is 15.7 Å². The molecule has 0 unspecified atom stereocenters. The SMILES string of the molecule is Cc1cc(C(=O)O)ccc1Nc1c(Cl)cccc1Cl. The topological polar surface area (TPSA) is 49.3 Å². The first-order valence-electron chi connectivity index (χ1n) is 5.54. The molecule has 0 aliphatic heterocycles. The summed E-state index contributed by atoms with van der Waals surface area (Å²) in [6, 6.07) is 10.0. The van der Waals surface area contributed by atoms with Crippen molar-refractivity contribution in [3.63, 3.8) is 0 Å². The fourth-order valence-corrected chi connectivity index (χ4v) is 2.18. The van der Waals surface area contributed by atoms with Gasteiger partial charge in [0, 0.05) is 5.69 Å². The molecule has 2 rings (SSSR count). The van der Waals surface area contributed by atoms with Crippen molar-refractivity contribution >= 4 is 40.5 Å². The highest BCUT2D eigenvalue weighted by Gasteiger charge is 2.09. The van der Waals surface area contributed by atoms with Crippen molar-refractivity contribution in [2.45, 2.75) is 6.92 Å². The molecule has 0 amide bonds. The van der Waals surface area contributed by atoms with Gasteiger partial charge in [-0.15, -0.1) is 0 Å². The molecule has 0 aliphatic rings. The van der Waals surface area contributed by atoms with Crippen LogP contribution in [0.25, 0.3) is 0 Å². The zero-order valence-corrected chi connectivity index (χ0v) is 11.6. The monoisotopic (exact) mass is 295 g/mol. The van der Waals surface area contributed by atoms with Gasteiger partial charge in [-0.1, -0.05) is 29.3 Å². The van der Waals surface area contributed by atoms with Crippen molar-refractivity contribution < 1.29 is 9.90 Å². The third-order valence-corrected chi connectivity index (χ3v) is 3.33. The summed E-state index contributed by atoms with van der Waals surface area (Å²) in [6.07, 6.45) is 0. The predicted octanol–water partition coefficient (Wildman–Crippen LogP) is 4.74. The van der Waals surface area contributed by atoms with E-state index in [9.17, 15) is 4.79 Å². The molecule has 0 aromatic heterocycles. The average Bonchev–Trinajstić information content (AvgIpc) is 2.35. The predicted molar refractivity (Wildman–Crippen MR) is 77.9 cm³/mol. The highest BCUT2D eigenvalue weighted by Crippen LogP contribution is 2.33. The van der Waals surface area contributed by atoms with Crippen LogP contribution in [-0.4, -0.2) is 11.1 Å². The molecule has 2 aromatic rings. The number of benzene rings is 2. The molecule has 0 radical (unpaired) electrons. The van der Waals surface area contributed by atoms with Crippen molar-refractivity contribution in [1.29, 1.82) is 0 Å². The van der Waals surface area contributed by atoms with Crippen LogP contribution in [0.3, 0.4) is 0 Å². The summed E-state index contributed by atoms with van der Waals surface area (Å²) in [7, 11) is 0. The normalized spacial score (nSPS) is 10.3. The molecule has 0 bridgehead atoms. The summed E-state index contributed by atoms with van der Waals surface area (Å²) in [5, 5.41) is 13.1. The van der Waals surface area contributed by atoms with Gasteiger partial charge in [0.1, 0.15) is 0 Å². The van der Waals surface area contributed by atoms with Gasteiger partial charge in [0.25, 0.3) is 0 Å². The van der Waals surface area contributed by atoms with E-state index >= 15 is 0 Å². The number of aryl methyl sites for hydroxylation is 1. The van der Waals surface area contributed by atoms with Gasteiger partial charge in [0.05, 0.1) is 21.3 Å². The molecular formula is C14H11Cl2NO2. The number of anilines is 2. The lowest BCUT2D eigenvalue weighted by molar-refractivity contribution is 0.0697. The average molecular weight is 296 g/mol. The molecule has 2 N–H and O–H groups in total. The summed E-state index contributed by atoms with van der Waals surface area (Å²) < 4.78 is 0. The molecule has 0 atom stereocenters. The summed E-state index contributed by atoms with van der Waals surface area (Å²) in [4.78, 5) is 10.9. The third kappa shape index (κ3) is 3.00. The van der Waals surface area contributed by atoms with Crippen molar-refractivity contribution in [3.8, 4) is 0 Å². The van der Waals surface area contributed by atoms with E-state index in [4.69, 9.17) is 28.3 Å². The molecule has 2 aromatic carbocycles. The maximum atomic E-state index is 10.9. The first-order chi connectivity index (χ1) is 8.99. The molecule has 0 saturated carbocycles. The van der Waals surface area contributed by atoms with Crippen molar-refractivity contribution in [3.05, 3.63) is 57.6 Å². The Morgan fingerprint density at radius 2 is 1.79 bits per heavy atom. The van der Waals surface area contributed by atoms with E-state index in [1.165, 1.54) is 6.07 Å². The van der Waals surface area contributed by atoms with Crippen molar-refractivity contribution in [1.82, 2.24) is 0 Å². The molecular weight excluding hydrogens is 285 g/mol. The largest absolute Gasteiger partial charge is 0.478 e. The van der Waals surface area contributed by atoms with Gasteiger partial charge < -0.3 is 10.4 Å². The first kappa shape index (κ1) is 13.7. The lowest BCUT2D eigenvalue weighted by Crippen LogP contribution is -2.00. The van der Waals surface area contributed by atoms with Crippen LogP contribution in [0, 0.1) is 6.92 Å². The molecule has 0 aliphatic carbocycles. The molecule has 98 valence electrons. The van der Waals surface area contributed by atoms with Gasteiger partial charge in [-0.2, -0.15) is 0 Å². The zero-order valence-electron chi connectivity index (χ0n) is 10.1. The quantitative estimate of drug-likeness (QED) is 0.859. The van der Waals surface area contributed by atoms with Crippen molar-refractivity contribution in [2.24, 2.45) is 0 Å². The van der Waals surface area contributed by atoms with Crippen molar-refractivity contribution in [2.75, 3.05) is 5.32 Å². The fraction of sp³-hybridized carbons (Fsp3) is 0.0714. The molecule has 5 heteroatoms. The number of carboxylic acids is 1. The van der Waals surface area contributed by atoms with E-state index in [2.05, 4.69) is 5.32 Å². The Labute approximate surface area is 120 Å². The number of hydrogen-bond donors (Lipinski definition) is 2. The maximum Gasteiger partial charge on any atom is 0.335 e. The van der Waals surface area contributed by atoms with Crippen LogP contribution >= 0.6 is 23.2 Å². The fourth-order valence-electron chi connectivity index (χ4n) is 1.69. The summed E-state index contributed by atoms with van der Waals surface area (Å²) in [6.45, 7) is 1.82. The molecule has 3 nitrogen and oxygen atoms in total. The number of nitrogens with one attached hydrogen (secondary N) is 1. The van der Waals surface area contributed by atoms with Crippen LogP contribution in [0.5, 0.6) is 0 Å². The summed E-state index contributed by atoms with van der Waals surface area (Å²) >= 11 is 12.1. The Balaban J connectivity index is 2.36. The Kier molecular flexibility index (Phi) is 3.98.